The van der Waals surface area contributed by atoms with E-state index in [9.17, 15) is 19.5 Å². The zero-order chi connectivity index (χ0) is 18.9. The number of fused-ring (bicyclic) bond motifs is 1. The first kappa shape index (κ1) is 18.7. The maximum Gasteiger partial charge on any atom is 0.384 e. The molecule has 0 spiro atoms. The van der Waals surface area contributed by atoms with Gasteiger partial charge in [0.1, 0.15) is 5.57 Å². The van der Waals surface area contributed by atoms with Gasteiger partial charge in [-0.05, 0) is 6.92 Å². The lowest BCUT2D eigenvalue weighted by atomic mass is 9.80. The number of ketones is 1. The molecule has 1 aliphatic rings. The fourth-order valence-corrected chi connectivity index (χ4v) is 3.54. The normalized spacial score (nSPS) is 21.0. The van der Waals surface area contributed by atoms with Gasteiger partial charge in [0.15, 0.2) is 11.3 Å². The molecule has 1 N–H and O–H groups in total. The third-order valence-corrected chi connectivity index (χ3v) is 4.66. The molecule has 0 aliphatic heterocycles. The summed E-state index contributed by atoms with van der Waals surface area (Å²) in [6.07, 6.45) is 0. The van der Waals surface area contributed by atoms with Crippen LogP contribution in [0.4, 0.5) is 0 Å². The van der Waals surface area contributed by atoms with Crippen LogP contribution in [0.5, 0.6) is 0 Å². The van der Waals surface area contributed by atoms with Crippen molar-refractivity contribution in [2.24, 2.45) is 0 Å². The fraction of sp³-hybridized carbons (Fsp3) is 0.400. The van der Waals surface area contributed by atoms with Crippen molar-refractivity contribution >= 4 is 35.0 Å². The van der Waals surface area contributed by atoms with Gasteiger partial charge >= 0.3 is 23.7 Å². The van der Waals surface area contributed by atoms with Crippen LogP contribution < -0.4 is 0 Å². The Morgan fingerprint density at radius 2 is 1.72 bits per heavy atom. The van der Waals surface area contributed by atoms with Gasteiger partial charge in [0.2, 0.25) is 5.60 Å². The van der Waals surface area contributed by atoms with Gasteiger partial charge in [-0.2, -0.15) is 0 Å². The number of hydrogen-bond donors (Lipinski definition) is 1. The second-order valence-electron chi connectivity index (χ2n) is 4.88. The molecule has 0 aromatic carbocycles. The fourth-order valence-electron chi connectivity index (χ4n) is 2.54. The Hall–Kier alpha value is -2.59. The Labute approximate surface area is 146 Å². The first-order chi connectivity index (χ1) is 11.8. The highest BCUT2D eigenvalue weighted by molar-refractivity contribution is 7.12. The number of esters is 3. The van der Waals surface area contributed by atoms with Gasteiger partial charge in [-0.15, -0.1) is 11.3 Å². The van der Waals surface area contributed by atoms with Crippen molar-refractivity contribution in [3.05, 3.63) is 26.7 Å². The van der Waals surface area contributed by atoms with E-state index in [4.69, 9.17) is 4.42 Å². The Bertz CT molecular complexity index is 821. The average molecular weight is 370 g/mol. The summed E-state index contributed by atoms with van der Waals surface area (Å²) in [7, 11) is 4.42. The van der Waals surface area contributed by atoms with Crippen molar-refractivity contribution in [3.63, 3.8) is 0 Å². The quantitative estimate of drug-likeness (QED) is 0.336. The summed E-state index contributed by atoms with van der Waals surface area (Å²) in [6, 6.07) is 0. The number of ether oxygens (including phenoxy) is 3. The van der Waals surface area contributed by atoms with Crippen molar-refractivity contribution in [1.82, 2.24) is 4.98 Å². The van der Waals surface area contributed by atoms with Crippen molar-refractivity contribution in [1.29, 1.82) is 0 Å². The van der Waals surface area contributed by atoms with Gasteiger partial charge in [-0.3, -0.25) is 4.42 Å². The number of aryl methyl sites for hydroxylation is 1. The third-order valence-electron chi connectivity index (χ3n) is 3.58. The van der Waals surface area contributed by atoms with Gasteiger partial charge in [0.05, 0.1) is 31.2 Å². The van der Waals surface area contributed by atoms with Crippen LogP contribution >= 0.6 is 11.3 Å². The number of carbonyl (C=O) groups excluding carboxylic acids is 4. The lowest BCUT2D eigenvalue weighted by Crippen LogP contribution is -2.47. The molecule has 1 unspecified atom stereocenters. The number of rotatable bonds is 3. The summed E-state index contributed by atoms with van der Waals surface area (Å²) in [5.74, 6) is -3.40. The monoisotopic (exact) mass is 370 g/mol. The molecule has 0 radical (unpaired) electrons. The number of carbonyl (C=O) groups is 3. The number of aliphatic hydroxyl groups is 1. The van der Waals surface area contributed by atoms with E-state index >= 15 is 0 Å². The van der Waals surface area contributed by atoms with Crippen LogP contribution in [-0.2, 0) is 34.2 Å². The van der Waals surface area contributed by atoms with Crippen molar-refractivity contribution in [3.8, 4) is 0 Å². The molecule has 25 heavy (non-hydrogen) atoms. The predicted molar refractivity (Wildman–Crippen MR) is 84.1 cm³/mol. The zero-order valence-corrected chi connectivity index (χ0v) is 15.0. The topological polar surface area (TPSA) is 123 Å². The Morgan fingerprint density at radius 3 is 2.20 bits per heavy atom. The maximum absolute atomic E-state index is 12.4. The minimum absolute atomic E-state index is 0.0123. The molecule has 0 fully saturated rings. The average Bonchev–Trinajstić information content (AvgIpc) is 3.01. The highest BCUT2D eigenvalue weighted by Crippen LogP contribution is 2.44. The first-order valence-electron chi connectivity index (χ1n) is 6.89. The molecule has 9 nitrogen and oxygen atoms in total. The summed E-state index contributed by atoms with van der Waals surface area (Å²) < 4.78 is 19.2. The molecular weight excluding hydrogens is 354 g/mol. The van der Waals surface area contributed by atoms with Gasteiger partial charge in [0, 0.05) is 0 Å². The van der Waals surface area contributed by atoms with Gasteiger partial charge in [0.25, 0.3) is 7.11 Å². The van der Waals surface area contributed by atoms with E-state index in [0.717, 1.165) is 32.7 Å². The largest absolute Gasteiger partial charge is 0.466 e. The van der Waals surface area contributed by atoms with E-state index in [1.165, 1.54) is 7.11 Å². The van der Waals surface area contributed by atoms with Crippen LogP contribution in [0.3, 0.4) is 0 Å². The van der Waals surface area contributed by atoms with E-state index in [2.05, 4.69) is 19.2 Å². The Balaban J connectivity index is 3.02. The lowest BCUT2D eigenvalue weighted by Gasteiger charge is -2.29. The molecule has 0 amide bonds. The number of thiazole rings is 1. The minimum atomic E-state index is -2.59. The number of nitrogens with zero attached hydrogens (tertiary/aromatic N) is 1. The molecule has 10 heteroatoms. The minimum Gasteiger partial charge on any atom is -0.466 e. The van der Waals surface area contributed by atoms with E-state index in [-0.39, 0.29) is 16.4 Å². The van der Waals surface area contributed by atoms with Gasteiger partial charge in [-0.1, -0.05) is 0 Å². The summed E-state index contributed by atoms with van der Waals surface area (Å²) in [4.78, 5) is 41.3. The summed E-state index contributed by atoms with van der Waals surface area (Å²) >= 11 is 0.956. The van der Waals surface area contributed by atoms with Crippen LogP contribution in [0.15, 0.2) is 11.1 Å². The molecule has 1 aromatic heterocycles. The molecule has 0 saturated carbocycles. The second-order valence-corrected chi connectivity index (χ2v) is 6.08. The van der Waals surface area contributed by atoms with E-state index in [0.29, 0.717) is 5.01 Å². The summed E-state index contributed by atoms with van der Waals surface area (Å²) in [5, 5.41) is 11.6. The number of hydrogen-bond acceptors (Lipinski definition) is 9. The molecular formula is C15H16NO8S+. The molecule has 0 saturated heterocycles. The van der Waals surface area contributed by atoms with Crippen molar-refractivity contribution < 1.29 is 38.1 Å². The summed E-state index contributed by atoms with van der Waals surface area (Å²) in [6.45, 7) is 1.63. The van der Waals surface area contributed by atoms with E-state index in [1.54, 1.807) is 6.92 Å². The molecule has 1 aliphatic carbocycles. The highest BCUT2D eigenvalue weighted by atomic mass is 32.1. The molecule has 1 aromatic rings. The van der Waals surface area contributed by atoms with Crippen LogP contribution in [0.25, 0.3) is 0 Å². The zero-order valence-electron chi connectivity index (χ0n) is 14.2. The van der Waals surface area contributed by atoms with Gasteiger partial charge in [-0.25, -0.2) is 19.4 Å². The third kappa shape index (κ3) is 2.63. The molecule has 0 bridgehead atoms. The van der Waals surface area contributed by atoms with Crippen molar-refractivity contribution in [2.45, 2.75) is 12.5 Å². The molecule has 134 valence electrons. The molecule has 1 atom stereocenters. The highest BCUT2D eigenvalue weighted by Gasteiger charge is 2.60. The Kier molecular flexibility index (Phi) is 5.04. The van der Waals surface area contributed by atoms with Crippen LogP contribution in [0, 0.1) is 6.92 Å². The number of aromatic nitrogens is 1. The summed E-state index contributed by atoms with van der Waals surface area (Å²) in [5.41, 5.74) is -3.65. The van der Waals surface area contributed by atoms with Crippen LogP contribution in [0.1, 0.15) is 20.0 Å². The predicted octanol–water partition coefficient (Wildman–Crippen LogP) is -0.183. The first-order valence-corrected chi connectivity index (χ1v) is 7.71. The Morgan fingerprint density at radius 1 is 1.12 bits per heavy atom. The van der Waals surface area contributed by atoms with Crippen LogP contribution in [-0.4, -0.2) is 62.2 Å². The molecule has 1 heterocycles. The van der Waals surface area contributed by atoms with E-state index in [1.807, 2.05) is 0 Å². The number of methoxy groups -OCH3 is 3. The lowest BCUT2D eigenvalue weighted by molar-refractivity contribution is -0.224. The molecule has 2 rings (SSSR count). The standard InChI is InChI=1S/C15H16NO8S/c1-6-16-9-10(21-2)7(12(17)22-3)8(13(18)23-4)15(20,11(9)25-6)14(19)24-5/h20H,1-5H3/q+1. The van der Waals surface area contributed by atoms with Crippen LogP contribution in [0.2, 0.25) is 0 Å². The van der Waals surface area contributed by atoms with Crippen molar-refractivity contribution in [2.75, 3.05) is 28.4 Å². The van der Waals surface area contributed by atoms with E-state index < -0.39 is 34.7 Å². The van der Waals surface area contributed by atoms with Gasteiger partial charge < -0.3 is 19.3 Å². The smallest absolute Gasteiger partial charge is 0.384 e. The second kappa shape index (κ2) is 6.73. The maximum atomic E-state index is 12.4. The SMILES string of the molecule is COC(=O)C1=C(C(=O)OC)C(O)(C(=O)OC)c2sc(C)nc2C1=[O+]C.